The fourth-order valence-electron chi connectivity index (χ4n) is 3.21. The van der Waals surface area contributed by atoms with Crippen molar-refractivity contribution in [3.05, 3.63) is 29.3 Å². The Morgan fingerprint density at radius 1 is 1.19 bits per heavy atom. The number of piperidine rings is 1. The molecule has 150 valence electrons. The van der Waals surface area contributed by atoms with Crippen LogP contribution in [0.2, 0.25) is 0 Å². The minimum absolute atomic E-state index is 0.0187. The highest BCUT2D eigenvalue weighted by atomic mass is 16.5. The van der Waals surface area contributed by atoms with Gasteiger partial charge in [0, 0.05) is 30.8 Å². The molecule has 0 bridgehead atoms. The molecule has 0 aliphatic carbocycles. The van der Waals surface area contributed by atoms with Crippen molar-refractivity contribution in [1.29, 1.82) is 0 Å². The molecule has 0 N–H and O–H groups in total. The summed E-state index contributed by atoms with van der Waals surface area (Å²) in [4.78, 5) is 26.5. The number of amides is 1. The summed E-state index contributed by atoms with van der Waals surface area (Å²) in [5.74, 6) is 0.451. The van der Waals surface area contributed by atoms with Gasteiger partial charge in [-0.1, -0.05) is 13.3 Å². The van der Waals surface area contributed by atoms with Crippen molar-refractivity contribution >= 4 is 11.9 Å². The molecular weight excluding hydrogens is 346 g/mol. The SMILES string of the molecule is CCCCOCc1cc(C(=O)N2CCC(C(=O)OCC)CC2)ccc1OC. The summed E-state index contributed by atoms with van der Waals surface area (Å²) >= 11 is 0. The van der Waals surface area contributed by atoms with Gasteiger partial charge in [-0.05, 0) is 44.4 Å². The molecule has 1 amide bonds. The van der Waals surface area contributed by atoms with Crippen LogP contribution in [0.25, 0.3) is 0 Å². The maximum atomic E-state index is 12.9. The minimum atomic E-state index is -0.152. The number of likely N-dealkylation sites (tertiary alicyclic amines) is 1. The number of hydrogen-bond donors (Lipinski definition) is 0. The van der Waals surface area contributed by atoms with Gasteiger partial charge in [-0.15, -0.1) is 0 Å². The lowest BCUT2D eigenvalue weighted by atomic mass is 9.96. The van der Waals surface area contributed by atoms with E-state index in [1.54, 1.807) is 18.1 Å². The number of benzene rings is 1. The fourth-order valence-corrected chi connectivity index (χ4v) is 3.21. The first kappa shape index (κ1) is 21.2. The third-order valence-electron chi connectivity index (χ3n) is 4.83. The monoisotopic (exact) mass is 377 g/mol. The van der Waals surface area contributed by atoms with Crippen LogP contribution in [0.3, 0.4) is 0 Å². The summed E-state index contributed by atoms with van der Waals surface area (Å²) in [6, 6.07) is 5.45. The zero-order valence-electron chi connectivity index (χ0n) is 16.7. The molecule has 1 heterocycles. The van der Waals surface area contributed by atoms with Crippen LogP contribution in [-0.4, -0.2) is 50.2 Å². The quantitative estimate of drug-likeness (QED) is 0.487. The van der Waals surface area contributed by atoms with E-state index in [2.05, 4.69) is 6.92 Å². The van der Waals surface area contributed by atoms with Crippen molar-refractivity contribution in [3.63, 3.8) is 0 Å². The first-order valence-electron chi connectivity index (χ1n) is 9.81. The number of carbonyl (C=O) groups excluding carboxylic acids is 2. The van der Waals surface area contributed by atoms with Crippen LogP contribution in [0.15, 0.2) is 18.2 Å². The number of ether oxygens (including phenoxy) is 3. The topological polar surface area (TPSA) is 65.1 Å². The summed E-state index contributed by atoms with van der Waals surface area (Å²) in [6.07, 6.45) is 3.38. The standard InChI is InChI=1S/C21H31NO5/c1-4-6-13-26-15-18-14-17(7-8-19(18)25-3)20(23)22-11-9-16(10-12-22)21(24)27-5-2/h7-8,14,16H,4-6,9-13,15H2,1-3H3. The molecule has 0 aromatic heterocycles. The molecule has 0 saturated carbocycles. The van der Waals surface area contributed by atoms with Gasteiger partial charge >= 0.3 is 5.97 Å². The van der Waals surface area contributed by atoms with Crippen molar-refractivity contribution in [1.82, 2.24) is 4.90 Å². The van der Waals surface area contributed by atoms with E-state index in [1.165, 1.54) is 0 Å². The van der Waals surface area contributed by atoms with Gasteiger partial charge in [0.05, 0.1) is 26.2 Å². The average molecular weight is 377 g/mol. The Hall–Kier alpha value is -2.08. The molecule has 1 aromatic rings. The van der Waals surface area contributed by atoms with Crippen molar-refractivity contribution in [2.45, 2.75) is 46.1 Å². The zero-order valence-corrected chi connectivity index (χ0v) is 16.7. The molecule has 1 aliphatic heterocycles. The molecule has 0 spiro atoms. The van der Waals surface area contributed by atoms with Crippen LogP contribution in [0.1, 0.15) is 55.5 Å². The van der Waals surface area contributed by atoms with Crippen molar-refractivity contribution in [3.8, 4) is 5.75 Å². The molecule has 0 atom stereocenters. The van der Waals surface area contributed by atoms with Crippen molar-refractivity contribution < 1.29 is 23.8 Å². The number of rotatable bonds is 9. The number of esters is 1. The van der Waals surface area contributed by atoms with E-state index in [9.17, 15) is 9.59 Å². The molecule has 1 saturated heterocycles. The van der Waals surface area contributed by atoms with E-state index >= 15 is 0 Å². The van der Waals surface area contributed by atoms with E-state index < -0.39 is 0 Å². The number of methoxy groups -OCH3 is 1. The normalized spacial score (nSPS) is 14.9. The highest BCUT2D eigenvalue weighted by Gasteiger charge is 2.28. The Kier molecular flexibility index (Phi) is 8.58. The van der Waals surface area contributed by atoms with Crippen LogP contribution < -0.4 is 4.74 Å². The van der Waals surface area contributed by atoms with E-state index in [0.717, 1.165) is 24.2 Å². The largest absolute Gasteiger partial charge is 0.496 e. The lowest BCUT2D eigenvalue weighted by Gasteiger charge is -2.31. The van der Waals surface area contributed by atoms with Gasteiger partial charge in [0.2, 0.25) is 0 Å². The molecule has 1 aliphatic rings. The van der Waals surface area contributed by atoms with Crippen LogP contribution >= 0.6 is 0 Å². The van der Waals surface area contributed by atoms with Crippen molar-refractivity contribution in [2.24, 2.45) is 5.92 Å². The first-order valence-corrected chi connectivity index (χ1v) is 9.81. The second-order valence-electron chi connectivity index (χ2n) is 6.75. The van der Waals surface area contributed by atoms with E-state index in [-0.39, 0.29) is 17.8 Å². The molecule has 0 radical (unpaired) electrons. The molecule has 27 heavy (non-hydrogen) atoms. The smallest absolute Gasteiger partial charge is 0.309 e. The predicted molar refractivity (Wildman–Crippen MR) is 103 cm³/mol. The summed E-state index contributed by atoms with van der Waals surface area (Å²) < 4.78 is 16.2. The number of unbranched alkanes of at least 4 members (excludes halogenated alkanes) is 1. The molecule has 2 rings (SSSR count). The Morgan fingerprint density at radius 3 is 2.56 bits per heavy atom. The predicted octanol–water partition coefficient (Wildman–Crippen LogP) is 3.43. The van der Waals surface area contributed by atoms with Gasteiger partial charge in [-0.25, -0.2) is 0 Å². The minimum Gasteiger partial charge on any atom is -0.496 e. The Labute approximate surface area is 161 Å². The van der Waals surface area contributed by atoms with Crippen molar-refractivity contribution in [2.75, 3.05) is 33.4 Å². The van der Waals surface area contributed by atoms with Gasteiger partial charge in [-0.2, -0.15) is 0 Å². The number of nitrogens with zero attached hydrogens (tertiary/aromatic N) is 1. The first-order chi connectivity index (χ1) is 13.1. The van der Waals surface area contributed by atoms with E-state index in [4.69, 9.17) is 14.2 Å². The summed E-state index contributed by atoms with van der Waals surface area (Å²) in [6.45, 7) is 6.58. The number of hydrogen-bond acceptors (Lipinski definition) is 5. The second-order valence-corrected chi connectivity index (χ2v) is 6.75. The van der Waals surface area contributed by atoms with Crippen LogP contribution in [0, 0.1) is 5.92 Å². The number of carbonyl (C=O) groups is 2. The maximum absolute atomic E-state index is 12.9. The van der Waals surface area contributed by atoms with Crippen LogP contribution in [-0.2, 0) is 20.9 Å². The van der Waals surface area contributed by atoms with Gasteiger partial charge in [-0.3, -0.25) is 9.59 Å². The molecule has 6 nitrogen and oxygen atoms in total. The third kappa shape index (κ3) is 5.96. The molecular formula is C21H31NO5. The van der Waals surface area contributed by atoms with Gasteiger partial charge < -0.3 is 19.1 Å². The summed E-state index contributed by atoms with van der Waals surface area (Å²) in [5.41, 5.74) is 1.50. The average Bonchev–Trinajstić information content (AvgIpc) is 2.71. The van der Waals surface area contributed by atoms with Gasteiger partial charge in [0.1, 0.15) is 5.75 Å². The van der Waals surface area contributed by atoms with Gasteiger partial charge in [0.25, 0.3) is 5.91 Å². The molecule has 0 unspecified atom stereocenters. The third-order valence-corrected chi connectivity index (χ3v) is 4.83. The highest BCUT2D eigenvalue weighted by molar-refractivity contribution is 5.94. The Bertz CT molecular complexity index is 623. The lowest BCUT2D eigenvalue weighted by Crippen LogP contribution is -2.40. The summed E-state index contributed by atoms with van der Waals surface area (Å²) in [7, 11) is 1.62. The van der Waals surface area contributed by atoms with Crippen LogP contribution in [0.4, 0.5) is 0 Å². The Morgan fingerprint density at radius 2 is 1.93 bits per heavy atom. The van der Waals surface area contributed by atoms with E-state index in [0.29, 0.717) is 51.3 Å². The lowest BCUT2D eigenvalue weighted by molar-refractivity contribution is -0.149. The summed E-state index contributed by atoms with van der Waals surface area (Å²) in [5, 5.41) is 0. The van der Waals surface area contributed by atoms with E-state index in [1.807, 2.05) is 19.1 Å². The zero-order chi connectivity index (χ0) is 19.6. The molecule has 1 fully saturated rings. The molecule has 6 heteroatoms. The maximum Gasteiger partial charge on any atom is 0.309 e. The van der Waals surface area contributed by atoms with Gasteiger partial charge in [0.15, 0.2) is 0 Å². The fraction of sp³-hybridized carbons (Fsp3) is 0.619. The Balaban J connectivity index is 1.98. The molecule has 1 aromatic carbocycles. The highest BCUT2D eigenvalue weighted by Crippen LogP contribution is 2.24. The van der Waals surface area contributed by atoms with Crippen LogP contribution in [0.5, 0.6) is 5.75 Å². The second kappa shape index (κ2) is 10.9.